The first-order valence-electron chi connectivity index (χ1n) is 15.8. The molecule has 0 bridgehead atoms. The summed E-state index contributed by atoms with van der Waals surface area (Å²) < 4.78 is 0. The fraction of sp³-hybridized carbons (Fsp3) is 0.0455. The number of hydrogen-bond donors (Lipinski definition) is 0. The van der Waals surface area contributed by atoms with Crippen molar-refractivity contribution in [3.8, 4) is 44.5 Å². The van der Waals surface area contributed by atoms with Gasteiger partial charge in [0.05, 0.1) is 0 Å². The van der Waals surface area contributed by atoms with Crippen LogP contribution in [0.5, 0.6) is 0 Å². The molecule has 0 unspecified atom stereocenters. The van der Waals surface area contributed by atoms with E-state index in [1.807, 2.05) is 11.8 Å². The van der Waals surface area contributed by atoms with Gasteiger partial charge in [0, 0.05) is 25.0 Å². The van der Waals surface area contributed by atoms with Gasteiger partial charge in [-0.3, -0.25) is 0 Å². The Labute approximate surface area is 275 Å². The van der Waals surface area contributed by atoms with Gasteiger partial charge in [0.25, 0.3) is 0 Å². The summed E-state index contributed by atoms with van der Waals surface area (Å²) in [6.45, 7) is 0. The fourth-order valence-corrected chi connectivity index (χ4v) is 11.6. The van der Waals surface area contributed by atoms with Crippen LogP contribution in [0.15, 0.2) is 165 Å². The van der Waals surface area contributed by atoms with Crippen LogP contribution in [0.3, 0.4) is 0 Å². The van der Waals surface area contributed by atoms with Crippen molar-refractivity contribution in [1.29, 1.82) is 0 Å². The molecule has 2 heterocycles. The number of hydrogen-bond acceptors (Lipinski definition) is 1. The smallest absolute Gasteiger partial charge is 0.0207 e. The minimum atomic E-state index is -1.04. The standard InChI is InChI=1S/C44H30S2/c1-46(2)42-16-6-5-12-35(42)36-22-19-29(26-43(36)46)28-17-18-30-24-39-34-21-20-31(33-13-7-10-27-9-3-4-11-32(27)33)25-41(34)45-40-15-8-14-37(44(39)40)38(30)23-28/h3-26H,1-2H3. The van der Waals surface area contributed by atoms with Crippen molar-refractivity contribution < 1.29 is 0 Å². The lowest BCUT2D eigenvalue weighted by Crippen LogP contribution is -1.95. The third kappa shape index (κ3) is 3.72. The summed E-state index contributed by atoms with van der Waals surface area (Å²) in [6, 6.07) is 54.8. The molecule has 2 aliphatic rings. The summed E-state index contributed by atoms with van der Waals surface area (Å²) in [5.41, 5.74) is 10.6. The van der Waals surface area contributed by atoms with E-state index in [0.717, 1.165) is 0 Å². The quantitative estimate of drug-likeness (QED) is 0.173. The lowest BCUT2D eigenvalue weighted by Gasteiger charge is -2.28. The Morgan fingerprint density at radius 1 is 0.391 bits per heavy atom. The van der Waals surface area contributed by atoms with Gasteiger partial charge in [-0.25, -0.2) is 0 Å². The van der Waals surface area contributed by atoms with Crippen LogP contribution in [0.25, 0.3) is 76.8 Å². The molecule has 0 nitrogen and oxygen atoms in total. The number of fused-ring (bicyclic) bond motifs is 8. The van der Waals surface area contributed by atoms with Crippen LogP contribution in [0.2, 0.25) is 0 Å². The van der Waals surface area contributed by atoms with E-state index in [1.165, 1.54) is 96.4 Å². The zero-order valence-electron chi connectivity index (χ0n) is 25.7. The summed E-state index contributed by atoms with van der Waals surface area (Å²) >= 11 is 1.91. The third-order valence-electron chi connectivity index (χ3n) is 10.1. The van der Waals surface area contributed by atoms with Gasteiger partial charge in [0.1, 0.15) is 0 Å². The average Bonchev–Trinajstić information content (AvgIpc) is 3.33. The molecule has 2 heteroatoms. The highest BCUT2D eigenvalue weighted by molar-refractivity contribution is 8.33. The molecule has 10 rings (SSSR count). The molecule has 46 heavy (non-hydrogen) atoms. The Morgan fingerprint density at radius 3 is 2.04 bits per heavy atom. The van der Waals surface area contributed by atoms with Crippen LogP contribution >= 0.6 is 21.8 Å². The normalized spacial score (nSPS) is 14.7. The van der Waals surface area contributed by atoms with Gasteiger partial charge < -0.3 is 0 Å². The first kappa shape index (κ1) is 26.5. The maximum absolute atomic E-state index is 2.47. The lowest BCUT2D eigenvalue weighted by atomic mass is 9.90. The first-order chi connectivity index (χ1) is 22.5. The van der Waals surface area contributed by atoms with E-state index >= 15 is 0 Å². The summed E-state index contributed by atoms with van der Waals surface area (Å²) in [6.07, 6.45) is 4.88. The number of rotatable bonds is 2. The number of benzene rings is 8. The van der Waals surface area contributed by atoms with Crippen LogP contribution in [-0.2, 0) is 0 Å². The van der Waals surface area contributed by atoms with E-state index < -0.39 is 10.0 Å². The highest BCUT2D eigenvalue weighted by Gasteiger charge is 2.31. The molecule has 0 saturated carbocycles. The van der Waals surface area contributed by atoms with Crippen LogP contribution in [0, 0.1) is 0 Å². The molecule has 0 aromatic heterocycles. The Kier molecular flexibility index (Phi) is 5.53. The van der Waals surface area contributed by atoms with Crippen molar-refractivity contribution in [2.75, 3.05) is 12.5 Å². The molecular weight excluding hydrogens is 593 g/mol. The highest BCUT2D eigenvalue weighted by Crippen LogP contribution is 2.67. The second kappa shape index (κ2) is 9.62. The average molecular weight is 623 g/mol. The van der Waals surface area contributed by atoms with E-state index in [4.69, 9.17) is 0 Å². The van der Waals surface area contributed by atoms with Crippen LogP contribution in [-0.4, -0.2) is 12.5 Å². The first-order valence-corrected chi connectivity index (χ1v) is 19.1. The van der Waals surface area contributed by atoms with Gasteiger partial charge in [0.2, 0.25) is 0 Å². The minimum Gasteiger partial charge on any atom is -0.192 e. The summed E-state index contributed by atoms with van der Waals surface area (Å²) in [4.78, 5) is 5.66. The molecule has 0 atom stereocenters. The van der Waals surface area contributed by atoms with Gasteiger partial charge in [0.15, 0.2) is 0 Å². The van der Waals surface area contributed by atoms with Gasteiger partial charge in [-0.15, -0.1) is 0 Å². The van der Waals surface area contributed by atoms with Crippen LogP contribution in [0.4, 0.5) is 0 Å². The molecule has 0 spiro atoms. The van der Waals surface area contributed by atoms with Gasteiger partial charge in [-0.2, -0.15) is 10.0 Å². The zero-order chi connectivity index (χ0) is 30.6. The van der Waals surface area contributed by atoms with E-state index in [-0.39, 0.29) is 0 Å². The highest BCUT2D eigenvalue weighted by atomic mass is 32.3. The second-order valence-electron chi connectivity index (χ2n) is 12.9. The Balaban J connectivity index is 1.11. The van der Waals surface area contributed by atoms with Crippen molar-refractivity contribution in [3.63, 3.8) is 0 Å². The van der Waals surface area contributed by atoms with Gasteiger partial charge in [-0.05, 0) is 120 Å². The van der Waals surface area contributed by atoms with Crippen molar-refractivity contribution in [2.24, 2.45) is 0 Å². The van der Waals surface area contributed by atoms with Crippen molar-refractivity contribution >= 4 is 54.1 Å². The maximum atomic E-state index is 2.47. The van der Waals surface area contributed by atoms with Crippen molar-refractivity contribution in [1.82, 2.24) is 0 Å². The van der Waals surface area contributed by atoms with Crippen LogP contribution < -0.4 is 0 Å². The minimum absolute atomic E-state index is 1.04. The molecule has 0 N–H and O–H groups in total. The van der Waals surface area contributed by atoms with E-state index in [0.29, 0.717) is 0 Å². The molecule has 0 amide bonds. The molecule has 0 aliphatic carbocycles. The van der Waals surface area contributed by atoms with Crippen molar-refractivity contribution in [3.05, 3.63) is 146 Å². The van der Waals surface area contributed by atoms with E-state index in [2.05, 4.69) is 158 Å². The fourth-order valence-electron chi connectivity index (χ4n) is 7.85. The SMILES string of the molecule is CS1(C)c2ccccc2-c2ccc(-c3ccc4cc5c6c(cccc6c4c3)Sc3cc(-c4cccc6ccccc46)ccc3-5)cc21. The van der Waals surface area contributed by atoms with Gasteiger partial charge in [-0.1, -0.05) is 121 Å². The maximum Gasteiger partial charge on any atom is 0.0207 e. The molecule has 218 valence electrons. The zero-order valence-corrected chi connectivity index (χ0v) is 27.3. The second-order valence-corrected chi connectivity index (χ2v) is 17.5. The molecule has 0 fully saturated rings. The topological polar surface area (TPSA) is 0 Å². The lowest BCUT2D eigenvalue weighted by molar-refractivity contribution is 1.40. The molecule has 8 aromatic rings. The predicted octanol–water partition coefficient (Wildman–Crippen LogP) is 13.1. The Morgan fingerprint density at radius 2 is 1.09 bits per heavy atom. The van der Waals surface area contributed by atoms with Crippen LogP contribution in [0.1, 0.15) is 0 Å². The largest absolute Gasteiger partial charge is 0.192 e. The molecular formula is C44H30S2. The molecule has 0 radical (unpaired) electrons. The van der Waals surface area contributed by atoms with E-state index in [1.54, 1.807) is 0 Å². The molecule has 2 aliphatic heterocycles. The van der Waals surface area contributed by atoms with Crippen molar-refractivity contribution in [2.45, 2.75) is 19.6 Å². The Bertz CT molecular complexity index is 2580. The summed E-state index contributed by atoms with van der Waals surface area (Å²) in [5.74, 6) is 0. The summed E-state index contributed by atoms with van der Waals surface area (Å²) in [5, 5.41) is 7.90. The van der Waals surface area contributed by atoms with Gasteiger partial charge >= 0.3 is 0 Å². The summed E-state index contributed by atoms with van der Waals surface area (Å²) in [7, 11) is -1.04. The molecule has 8 aromatic carbocycles. The third-order valence-corrected chi connectivity index (χ3v) is 14.1. The Hall–Kier alpha value is -4.76. The monoisotopic (exact) mass is 622 g/mol. The van der Waals surface area contributed by atoms with E-state index in [9.17, 15) is 0 Å². The predicted molar refractivity (Wildman–Crippen MR) is 201 cm³/mol. The molecule has 0 saturated heterocycles.